The fourth-order valence-corrected chi connectivity index (χ4v) is 3.74. The van der Waals surface area contributed by atoms with Gasteiger partial charge in [0.25, 0.3) is 0 Å². The van der Waals surface area contributed by atoms with Gasteiger partial charge in [0.15, 0.2) is 0 Å². The topological polar surface area (TPSA) is 67.9 Å². The molecule has 35 heavy (non-hydrogen) atoms. The predicted octanol–water partition coefficient (Wildman–Crippen LogP) is 4.86. The highest BCUT2D eigenvalue weighted by Gasteiger charge is 2.18. The van der Waals surface area contributed by atoms with Gasteiger partial charge in [0.05, 0.1) is 19.1 Å². The maximum absolute atomic E-state index is 13.1. The van der Waals surface area contributed by atoms with Gasteiger partial charge in [0.1, 0.15) is 12.4 Å². The minimum absolute atomic E-state index is 0.0360. The molecule has 0 fully saturated rings. The molecule has 2 aromatic carbocycles. The molecular weight excluding hydrogens is 447 g/mol. The van der Waals surface area contributed by atoms with Crippen LogP contribution in [0.25, 0.3) is 0 Å². The van der Waals surface area contributed by atoms with E-state index in [0.29, 0.717) is 26.2 Å². The van der Waals surface area contributed by atoms with E-state index < -0.39 is 0 Å². The summed E-state index contributed by atoms with van der Waals surface area (Å²) in [5, 5.41) is 2.99. The molecule has 0 aliphatic rings. The number of unbranched alkanes of at least 4 members (excludes halogenated alkanes) is 4. The summed E-state index contributed by atoms with van der Waals surface area (Å²) in [5.41, 5.74) is 1.78. The minimum atomic E-state index is -0.319. The van der Waals surface area contributed by atoms with Crippen molar-refractivity contribution in [2.24, 2.45) is 0 Å². The first-order valence-electron chi connectivity index (χ1n) is 12.4. The number of carbonyl (C=O) groups is 2. The first-order chi connectivity index (χ1) is 16.9. The second kappa shape index (κ2) is 16.8. The van der Waals surface area contributed by atoms with E-state index in [1.807, 2.05) is 55.4 Å². The van der Waals surface area contributed by atoms with Crippen LogP contribution in [0.2, 0.25) is 0 Å². The Kier molecular flexibility index (Phi) is 13.7. The first-order valence-corrected chi connectivity index (χ1v) is 12.4. The summed E-state index contributed by atoms with van der Waals surface area (Å²) in [5.74, 6) is -0.599. The van der Waals surface area contributed by atoms with Crippen LogP contribution >= 0.6 is 0 Å². The number of nitrogens with zero attached hydrogens (tertiary/aromatic N) is 1. The largest absolute Gasteiger partial charge is 0.461 e. The van der Waals surface area contributed by atoms with Crippen molar-refractivity contribution in [3.05, 3.63) is 71.5 Å². The fraction of sp³-hybridized carbons (Fsp3) is 0.500. The van der Waals surface area contributed by atoms with E-state index in [9.17, 15) is 14.0 Å². The summed E-state index contributed by atoms with van der Waals surface area (Å²) >= 11 is 0. The van der Waals surface area contributed by atoms with Crippen LogP contribution in [0.3, 0.4) is 0 Å². The Labute approximate surface area is 208 Å². The lowest BCUT2D eigenvalue weighted by Crippen LogP contribution is -2.43. The molecule has 0 saturated heterocycles. The molecule has 0 aliphatic carbocycles. The predicted molar refractivity (Wildman–Crippen MR) is 135 cm³/mol. The molecule has 0 spiro atoms. The van der Waals surface area contributed by atoms with E-state index in [0.717, 1.165) is 43.2 Å². The van der Waals surface area contributed by atoms with Gasteiger partial charge in [-0.15, -0.1) is 0 Å². The summed E-state index contributed by atoms with van der Waals surface area (Å²) in [6, 6.07) is 15.7. The highest BCUT2D eigenvalue weighted by molar-refractivity contribution is 5.77. The van der Waals surface area contributed by atoms with Crippen LogP contribution in [-0.4, -0.2) is 50.1 Å². The van der Waals surface area contributed by atoms with Crippen molar-refractivity contribution in [2.45, 2.75) is 64.2 Å². The Morgan fingerprint density at radius 2 is 1.63 bits per heavy atom. The van der Waals surface area contributed by atoms with Crippen LogP contribution in [0.4, 0.5) is 4.39 Å². The summed E-state index contributed by atoms with van der Waals surface area (Å²) in [6.07, 6.45) is 5.37. The maximum Gasteiger partial charge on any atom is 0.308 e. The highest BCUT2D eigenvalue weighted by Crippen LogP contribution is 2.09. The molecular formula is C28H39FN2O4. The maximum atomic E-state index is 13.1. The number of rotatable bonds is 17. The second-order valence-corrected chi connectivity index (χ2v) is 9.08. The Balaban J connectivity index is 1.55. The number of likely N-dealkylation sites (N-methyl/N-ethyl adjacent to an activating group) is 1. The number of hydrogen-bond donors (Lipinski definition) is 1. The lowest BCUT2D eigenvalue weighted by molar-refractivity contribution is -0.145. The summed E-state index contributed by atoms with van der Waals surface area (Å²) in [7, 11) is 3.83. The van der Waals surface area contributed by atoms with Crippen LogP contribution in [-0.2, 0) is 32.3 Å². The molecule has 0 aliphatic heterocycles. The van der Waals surface area contributed by atoms with E-state index in [-0.39, 0.29) is 36.8 Å². The van der Waals surface area contributed by atoms with Crippen LogP contribution < -0.4 is 5.32 Å². The van der Waals surface area contributed by atoms with Crippen molar-refractivity contribution in [2.75, 3.05) is 27.2 Å². The van der Waals surface area contributed by atoms with Crippen molar-refractivity contribution in [3.63, 3.8) is 0 Å². The van der Waals surface area contributed by atoms with Crippen molar-refractivity contribution in [1.82, 2.24) is 10.2 Å². The third kappa shape index (κ3) is 13.6. The lowest BCUT2D eigenvalue weighted by atomic mass is 10.1. The molecule has 1 N–H and O–H groups in total. The average Bonchev–Trinajstić information content (AvgIpc) is 2.82. The SMILES string of the molecule is CN(C)C[C@@H](CC(=O)OCc1ccccc1)NC(=O)CCCCCCCOCc1cccc(F)c1. The van der Waals surface area contributed by atoms with E-state index in [1.54, 1.807) is 6.07 Å². The number of esters is 1. The Bertz CT molecular complexity index is 876. The van der Waals surface area contributed by atoms with Gasteiger partial charge in [-0.1, -0.05) is 61.7 Å². The molecule has 0 heterocycles. The molecule has 0 radical (unpaired) electrons. The number of benzene rings is 2. The van der Waals surface area contributed by atoms with Gasteiger partial charge in [-0.25, -0.2) is 4.39 Å². The second-order valence-electron chi connectivity index (χ2n) is 9.08. The molecule has 1 atom stereocenters. The van der Waals surface area contributed by atoms with E-state index >= 15 is 0 Å². The zero-order chi connectivity index (χ0) is 25.3. The van der Waals surface area contributed by atoms with Crippen LogP contribution in [0.15, 0.2) is 54.6 Å². The summed E-state index contributed by atoms with van der Waals surface area (Å²) in [4.78, 5) is 26.6. The number of hydrogen-bond acceptors (Lipinski definition) is 5. The Morgan fingerprint density at radius 1 is 0.914 bits per heavy atom. The van der Waals surface area contributed by atoms with Crippen molar-refractivity contribution < 1.29 is 23.5 Å². The van der Waals surface area contributed by atoms with E-state index in [4.69, 9.17) is 9.47 Å². The number of nitrogens with one attached hydrogen (secondary N) is 1. The molecule has 1 amide bonds. The van der Waals surface area contributed by atoms with Gasteiger partial charge >= 0.3 is 5.97 Å². The summed E-state index contributed by atoms with van der Waals surface area (Å²) in [6.45, 7) is 1.87. The van der Waals surface area contributed by atoms with Crippen molar-refractivity contribution in [3.8, 4) is 0 Å². The van der Waals surface area contributed by atoms with Crippen LogP contribution in [0.5, 0.6) is 0 Å². The van der Waals surface area contributed by atoms with Gasteiger partial charge in [-0.2, -0.15) is 0 Å². The molecule has 2 aromatic rings. The van der Waals surface area contributed by atoms with Crippen molar-refractivity contribution in [1.29, 1.82) is 0 Å². The lowest BCUT2D eigenvalue weighted by Gasteiger charge is -2.22. The van der Waals surface area contributed by atoms with Crippen LogP contribution in [0.1, 0.15) is 56.1 Å². The average molecular weight is 487 g/mol. The standard InChI is InChI=1S/C28H39FN2O4/c1-31(2)20-26(19-28(33)35-22-23-12-7-6-8-13-23)30-27(32)16-9-4-3-5-10-17-34-21-24-14-11-15-25(29)18-24/h6-8,11-15,18,26H,3-5,9-10,16-17,19-22H2,1-2H3,(H,30,32)/t26-/m1/s1. The molecule has 192 valence electrons. The van der Waals surface area contributed by atoms with Gasteiger partial charge in [0.2, 0.25) is 5.91 Å². The molecule has 0 saturated carbocycles. The third-order valence-corrected chi connectivity index (χ3v) is 5.46. The van der Waals surface area contributed by atoms with Gasteiger partial charge < -0.3 is 19.7 Å². The number of carbonyl (C=O) groups excluding carboxylic acids is 2. The first kappa shape index (κ1) is 28.5. The minimum Gasteiger partial charge on any atom is -0.461 e. The molecule has 0 unspecified atom stereocenters. The molecule has 0 aromatic heterocycles. The monoisotopic (exact) mass is 486 g/mol. The zero-order valence-electron chi connectivity index (χ0n) is 21.0. The number of amides is 1. The number of halogens is 1. The smallest absolute Gasteiger partial charge is 0.308 e. The van der Waals surface area contributed by atoms with Crippen molar-refractivity contribution >= 4 is 11.9 Å². The Morgan fingerprint density at radius 3 is 2.37 bits per heavy atom. The van der Waals surface area contributed by atoms with Gasteiger partial charge in [-0.05, 0) is 50.2 Å². The fourth-order valence-electron chi connectivity index (χ4n) is 3.74. The molecule has 0 bridgehead atoms. The quantitative estimate of drug-likeness (QED) is 0.255. The molecule has 2 rings (SSSR count). The van der Waals surface area contributed by atoms with Gasteiger partial charge in [0, 0.05) is 19.6 Å². The van der Waals surface area contributed by atoms with E-state index in [1.165, 1.54) is 12.1 Å². The molecule has 6 nitrogen and oxygen atoms in total. The molecule has 7 heteroatoms. The van der Waals surface area contributed by atoms with Crippen LogP contribution in [0, 0.1) is 5.82 Å². The Hall–Kier alpha value is -2.77. The van der Waals surface area contributed by atoms with E-state index in [2.05, 4.69) is 5.32 Å². The third-order valence-electron chi connectivity index (χ3n) is 5.46. The van der Waals surface area contributed by atoms with Gasteiger partial charge in [-0.3, -0.25) is 9.59 Å². The normalized spacial score (nSPS) is 11.9. The number of ether oxygens (including phenoxy) is 2. The zero-order valence-corrected chi connectivity index (χ0v) is 21.0. The summed E-state index contributed by atoms with van der Waals surface area (Å²) < 4.78 is 24.1. The highest BCUT2D eigenvalue weighted by atomic mass is 19.1.